The van der Waals surface area contributed by atoms with Crippen LogP contribution in [-0.2, 0) is 6.42 Å². The second kappa shape index (κ2) is 7.39. The second-order valence-electron chi connectivity index (χ2n) is 6.41. The third-order valence-electron chi connectivity index (χ3n) is 4.16. The average molecular weight is 280 g/mol. The van der Waals surface area contributed by atoms with Gasteiger partial charge in [0, 0.05) is 11.1 Å². The molecule has 1 unspecified atom stereocenters. The molecule has 1 atom stereocenters. The van der Waals surface area contributed by atoms with Crippen LogP contribution in [0.1, 0.15) is 49.4 Å². The first-order valence-electron chi connectivity index (χ1n) is 7.77. The number of thiazole rings is 1. The lowest BCUT2D eigenvalue weighted by Crippen LogP contribution is -2.31. The van der Waals surface area contributed by atoms with Crippen LogP contribution in [0.2, 0.25) is 0 Å². The summed E-state index contributed by atoms with van der Waals surface area (Å²) >= 11 is 1.88. The number of aryl methyl sites for hydroxylation is 1. The standard InChI is InChI=1S/C16H28N2S/c1-12(2)9-17-10-15(14-6-4-5-7-14)8-16-11-18-13(3)19-16/h11-12,14-15,17H,4-10H2,1-3H3. The van der Waals surface area contributed by atoms with Crippen LogP contribution < -0.4 is 5.32 Å². The van der Waals surface area contributed by atoms with Crippen molar-refractivity contribution in [3.8, 4) is 0 Å². The number of hydrogen-bond acceptors (Lipinski definition) is 3. The number of nitrogens with one attached hydrogen (secondary N) is 1. The summed E-state index contributed by atoms with van der Waals surface area (Å²) < 4.78 is 0. The van der Waals surface area contributed by atoms with Crippen molar-refractivity contribution >= 4 is 11.3 Å². The molecule has 1 N–H and O–H groups in total. The van der Waals surface area contributed by atoms with Crippen LogP contribution in [0.5, 0.6) is 0 Å². The van der Waals surface area contributed by atoms with Crippen LogP contribution in [0, 0.1) is 24.7 Å². The van der Waals surface area contributed by atoms with Crippen molar-refractivity contribution in [1.82, 2.24) is 10.3 Å². The maximum absolute atomic E-state index is 4.40. The van der Waals surface area contributed by atoms with E-state index < -0.39 is 0 Å². The van der Waals surface area contributed by atoms with E-state index in [2.05, 4.69) is 37.3 Å². The van der Waals surface area contributed by atoms with Gasteiger partial charge in [-0.1, -0.05) is 39.5 Å². The van der Waals surface area contributed by atoms with Crippen molar-refractivity contribution in [3.63, 3.8) is 0 Å². The molecule has 108 valence electrons. The van der Waals surface area contributed by atoms with Gasteiger partial charge in [-0.15, -0.1) is 11.3 Å². The molecule has 19 heavy (non-hydrogen) atoms. The Labute approximate surface area is 122 Å². The number of rotatable bonds is 7. The molecule has 1 saturated carbocycles. The Balaban J connectivity index is 1.89. The fourth-order valence-electron chi connectivity index (χ4n) is 3.15. The summed E-state index contributed by atoms with van der Waals surface area (Å²) in [7, 11) is 0. The van der Waals surface area contributed by atoms with Crippen LogP contribution in [0.15, 0.2) is 6.20 Å². The fourth-order valence-corrected chi connectivity index (χ4v) is 4.04. The first-order valence-corrected chi connectivity index (χ1v) is 8.59. The number of aromatic nitrogens is 1. The summed E-state index contributed by atoms with van der Waals surface area (Å²) in [6.45, 7) is 8.99. The zero-order chi connectivity index (χ0) is 13.7. The molecule has 1 aliphatic rings. The smallest absolute Gasteiger partial charge is 0.0896 e. The van der Waals surface area contributed by atoms with Gasteiger partial charge in [-0.05, 0) is 44.2 Å². The molecule has 1 fully saturated rings. The fraction of sp³-hybridized carbons (Fsp3) is 0.812. The van der Waals surface area contributed by atoms with Gasteiger partial charge in [-0.3, -0.25) is 0 Å². The van der Waals surface area contributed by atoms with Gasteiger partial charge in [0.05, 0.1) is 5.01 Å². The van der Waals surface area contributed by atoms with Crippen molar-refractivity contribution in [2.24, 2.45) is 17.8 Å². The van der Waals surface area contributed by atoms with Crippen LogP contribution in [-0.4, -0.2) is 18.1 Å². The molecule has 0 spiro atoms. The van der Waals surface area contributed by atoms with Gasteiger partial charge in [-0.2, -0.15) is 0 Å². The average Bonchev–Trinajstić information content (AvgIpc) is 2.98. The molecule has 1 aromatic rings. The Kier molecular flexibility index (Phi) is 5.83. The van der Waals surface area contributed by atoms with Gasteiger partial charge in [-0.25, -0.2) is 4.98 Å². The SMILES string of the molecule is Cc1ncc(CC(CNCC(C)C)C2CCCC2)s1. The first-order chi connectivity index (χ1) is 9.15. The maximum Gasteiger partial charge on any atom is 0.0896 e. The van der Waals surface area contributed by atoms with E-state index in [1.54, 1.807) is 0 Å². The van der Waals surface area contributed by atoms with E-state index in [1.807, 2.05) is 11.3 Å². The van der Waals surface area contributed by atoms with E-state index in [-0.39, 0.29) is 0 Å². The molecular formula is C16H28N2S. The van der Waals surface area contributed by atoms with Crippen LogP contribution in [0.3, 0.4) is 0 Å². The molecule has 0 aliphatic heterocycles. The van der Waals surface area contributed by atoms with Crippen LogP contribution in [0.4, 0.5) is 0 Å². The third-order valence-corrected chi connectivity index (χ3v) is 5.09. The first kappa shape index (κ1) is 15.0. The van der Waals surface area contributed by atoms with E-state index in [0.29, 0.717) is 0 Å². The topological polar surface area (TPSA) is 24.9 Å². The van der Waals surface area contributed by atoms with Crippen molar-refractivity contribution < 1.29 is 0 Å². The zero-order valence-corrected chi connectivity index (χ0v) is 13.4. The lowest BCUT2D eigenvalue weighted by Gasteiger charge is -2.24. The molecule has 3 heteroatoms. The minimum atomic E-state index is 0.745. The van der Waals surface area contributed by atoms with Crippen molar-refractivity contribution in [1.29, 1.82) is 0 Å². The van der Waals surface area contributed by atoms with Crippen molar-refractivity contribution in [2.75, 3.05) is 13.1 Å². The van der Waals surface area contributed by atoms with E-state index in [4.69, 9.17) is 0 Å². The normalized spacial score (nSPS) is 18.3. The summed E-state index contributed by atoms with van der Waals surface area (Å²) in [4.78, 5) is 5.88. The molecule has 2 rings (SSSR count). The molecule has 0 amide bonds. The lowest BCUT2D eigenvalue weighted by atomic mass is 9.87. The van der Waals surface area contributed by atoms with Gasteiger partial charge in [0.25, 0.3) is 0 Å². The summed E-state index contributed by atoms with van der Waals surface area (Å²) in [5.74, 6) is 2.48. The molecule has 1 aliphatic carbocycles. The Morgan fingerprint density at radius 2 is 2.05 bits per heavy atom. The zero-order valence-electron chi connectivity index (χ0n) is 12.6. The molecule has 0 radical (unpaired) electrons. The van der Waals surface area contributed by atoms with Crippen molar-refractivity contribution in [2.45, 2.75) is 52.9 Å². The molecule has 1 aromatic heterocycles. The van der Waals surface area contributed by atoms with Crippen LogP contribution >= 0.6 is 11.3 Å². The quantitative estimate of drug-likeness (QED) is 0.815. The molecule has 0 aromatic carbocycles. The van der Waals surface area contributed by atoms with Gasteiger partial charge in [0.15, 0.2) is 0 Å². The Bertz CT molecular complexity index is 367. The molecule has 2 nitrogen and oxygen atoms in total. The lowest BCUT2D eigenvalue weighted by molar-refractivity contribution is 0.317. The van der Waals surface area contributed by atoms with Crippen molar-refractivity contribution in [3.05, 3.63) is 16.1 Å². The van der Waals surface area contributed by atoms with E-state index in [0.717, 1.165) is 24.3 Å². The Hall–Kier alpha value is -0.410. The van der Waals surface area contributed by atoms with Gasteiger partial charge in [0.2, 0.25) is 0 Å². The summed E-state index contributed by atoms with van der Waals surface area (Å²) in [6.07, 6.45) is 9.06. The number of nitrogens with zero attached hydrogens (tertiary/aromatic N) is 1. The van der Waals surface area contributed by atoms with Gasteiger partial charge >= 0.3 is 0 Å². The summed E-state index contributed by atoms with van der Waals surface area (Å²) in [6, 6.07) is 0. The molecule has 0 saturated heterocycles. The second-order valence-corrected chi connectivity index (χ2v) is 7.73. The van der Waals surface area contributed by atoms with E-state index in [1.165, 1.54) is 48.5 Å². The van der Waals surface area contributed by atoms with E-state index in [9.17, 15) is 0 Å². The van der Waals surface area contributed by atoms with Gasteiger partial charge < -0.3 is 5.32 Å². The minimum Gasteiger partial charge on any atom is -0.316 e. The number of hydrogen-bond donors (Lipinski definition) is 1. The van der Waals surface area contributed by atoms with E-state index >= 15 is 0 Å². The molecule has 1 heterocycles. The Morgan fingerprint density at radius 1 is 1.32 bits per heavy atom. The maximum atomic E-state index is 4.40. The predicted octanol–water partition coefficient (Wildman–Crippen LogP) is 4.05. The highest BCUT2D eigenvalue weighted by Crippen LogP contribution is 2.33. The van der Waals surface area contributed by atoms with Crippen LogP contribution in [0.25, 0.3) is 0 Å². The third kappa shape index (κ3) is 4.88. The monoisotopic (exact) mass is 280 g/mol. The summed E-state index contributed by atoms with van der Waals surface area (Å²) in [5.41, 5.74) is 0. The summed E-state index contributed by atoms with van der Waals surface area (Å²) in [5, 5.41) is 4.88. The largest absolute Gasteiger partial charge is 0.316 e. The predicted molar refractivity (Wildman–Crippen MR) is 83.7 cm³/mol. The highest BCUT2D eigenvalue weighted by Gasteiger charge is 2.25. The van der Waals surface area contributed by atoms with Gasteiger partial charge in [0.1, 0.15) is 0 Å². The molecular weight excluding hydrogens is 252 g/mol. The highest BCUT2D eigenvalue weighted by atomic mass is 32.1. The Morgan fingerprint density at radius 3 is 2.63 bits per heavy atom. The molecule has 0 bridgehead atoms. The minimum absolute atomic E-state index is 0.745. The highest BCUT2D eigenvalue weighted by molar-refractivity contribution is 7.11.